The minimum absolute atomic E-state index is 0.0714. The van der Waals surface area contributed by atoms with Crippen LogP contribution in [0.4, 0.5) is 0 Å². The van der Waals surface area contributed by atoms with Gasteiger partial charge in [0.2, 0.25) is 5.88 Å². The number of rotatable bonds is 7. The molecule has 26 heavy (non-hydrogen) atoms. The molecule has 3 rings (SSSR count). The molecule has 0 fully saturated rings. The highest BCUT2D eigenvalue weighted by Crippen LogP contribution is 2.19. The molecular formula is C21H18N2O3. The molecule has 0 saturated carbocycles. The number of fused-ring (bicyclic) bond motifs is 1. The van der Waals surface area contributed by atoms with Gasteiger partial charge in [-0.15, -0.1) is 0 Å². The second-order valence-electron chi connectivity index (χ2n) is 5.87. The lowest BCUT2D eigenvalue weighted by Gasteiger charge is -2.17. The summed E-state index contributed by atoms with van der Waals surface area (Å²) in [4.78, 5) is 17.1. The van der Waals surface area contributed by atoms with E-state index in [9.17, 15) is 9.90 Å². The number of ketones is 1. The number of hydrogen-bond donors (Lipinski definition) is 1. The Bertz CT molecular complexity index is 963. The van der Waals surface area contributed by atoms with Gasteiger partial charge in [-0.2, -0.15) is 5.26 Å². The molecule has 1 heterocycles. The third-order valence-corrected chi connectivity index (χ3v) is 4.09. The Morgan fingerprint density at radius 2 is 1.88 bits per heavy atom. The van der Waals surface area contributed by atoms with Crippen molar-refractivity contribution in [2.24, 2.45) is 0 Å². The first-order valence-electron chi connectivity index (χ1n) is 8.35. The Balaban J connectivity index is 1.79. The van der Waals surface area contributed by atoms with Gasteiger partial charge < -0.3 is 9.84 Å². The lowest BCUT2D eigenvalue weighted by atomic mass is 9.99. The quantitative estimate of drug-likeness (QED) is 0.711. The molecule has 5 nitrogen and oxygen atoms in total. The molecule has 1 N–H and O–H groups in total. The monoisotopic (exact) mass is 346 g/mol. The molecule has 2 aromatic carbocycles. The SMILES string of the molecule is N#Cc1ccccc1CC(=O)C(CCO)Oc1ccc2ccccc2n1. The molecule has 3 aromatic rings. The van der Waals surface area contributed by atoms with Crippen LogP contribution in [-0.2, 0) is 11.2 Å². The van der Waals surface area contributed by atoms with Gasteiger partial charge in [0.25, 0.3) is 0 Å². The van der Waals surface area contributed by atoms with Crippen molar-refractivity contribution in [3.05, 3.63) is 71.8 Å². The second-order valence-corrected chi connectivity index (χ2v) is 5.87. The van der Waals surface area contributed by atoms with E-state index in [0.29, 0.717) is 17.0 Å². The van der Waals surface area contributed by atoms with E-state index in [1.54, 1.807) is 30.3 Å². The van der Waals surface area contributed by atoms with Gasteiger partial charge in [0.05, 0.1) is 17.1 Å². The molecule has 0 spiro atoms. The number of nitriles is 1. The van der Waals surface area contributed by atoms with Gasteiger partial charge >= 0.3 is 0 Å². The molecule has 0 aliphatic rings. The number of carbonyl (C=O) groups excluding carboxylic acids is 1. The number of Topliss-reactive ketones (excluding diaryl/α,β-unsaturated/α-hetero) is 1. The minimum Gasteiger partial charge on any atom is -0.466 e. The van der Waals surface area contributed by atoms with Crippen LogP contribution in [0.3, 0.4) is 0 Å². The molecule has 1 unspecified atom stereocenters. The van der Waals surface area contributed by atoms with Crippen LogP contribution in [0.15, 0.2) is 60.7 Å². The van der Waals surface area contributed by atoms with Gasteiger partial charge in [0.15, 0.2) is 11.9 Å². The van der Waals surface area contributed by atoms with E-state index >= 15 is 0 Å². The first-order chi connectivity index (χ1) is 12.7. The smallest absolute Gasteiger partial charge is 0.214 e. The van der Waals surface area contributed by atoms with Crippen LogP contribution in [0.25, 0.3) is 10.9 Å². The Kier molecular flexibility index (Phi) is 5.57. The zero-order chi connectivity index (χ0) is 18.4. The molecule has 130 valence electrons. The highest BCUT2D eigenvalue weighted by molar-refractivity contribution is 5.86. The summed E-state index contributed by atoms with van der Waals surface area (Å²) < 4.78 is 5.77. The molecule has 1 atom stereocenters. The Morgan fingerprint density at radius 3 is 2.69 bits per heavy atom. The maximum absolute atomic E-state index is 12.7. The summed E-state index contributed by atoms with van der Waals surface area (Å²) in [6, 6.07) is 20.3. The third-order valence-electron chi connectivity index (χ3n) is 4.09. The number of aromatic nitrogens is 1. The second kappa shape index (κ2) is 8.24. The first-order valence-corrected chi connectivity index (χ1v) is 8.35. The molecule has 0 aliphatic carbocycles. The number of pyridine rings is 1. The van der Waals surface area contributed by atoms with E-state index in [0.717, 1.165) is 10.9 Å². The van der Waals surface area contributed by atoms with Crippen LogP contribution in [0.1, 0.15) is 17.5 Å². The number of aliphatic hydroxyl groups is 1. The molecular weight excluding hydrogens is 328 g/mol. The number of benzene rings is 2. The van der Waals surface area contributed by atoms with Crippen molar-refractivity contribution in [3.63, 3.8) is 0 Å². The average Bonchev–Trinajstić information content (AvgIpc) is 2.68. The van der Waals surface area contributed by atoms with E-state index in [-0.39, 0.29) is 25.2 Å². The highest BCUT2D eigenvalue weighted by atomic mass is 16.5. The van der Waals surface area contributed by atoms with E-state index < -0.39 is 6.10 Å². The molecule has 0 saturated heterocycles. The minimum atomic E-state index is -0.819. The van der Waals surface area contributed by atoms with Crippen molar-refractivity contribution in [1.29, 1.82) is 5.26 Å². The van der Waals surface area contributed by atoms with Gasteiger partial charge in [-0.25, -0.2) is 4.98 Å². The molecule has 0 bridgehead atoms. The summed E-state index contributed by atoms with van der Waals surface area (Å²) in [5, 5.41) is 19.4. The molecule has 0 radical (unpaired) electrons. The van der Waals surface area contributed by atoms with Crippen LogP contribution in [0.2, 0.25) is 0 Å². The van der Waals surface area contributed by atoms with Crippen LogP contribution >= 0.6 is 0 Å². The predicted octanol–water partition coefficient (Wildman–Crippen LogP) is 3.05. The average molecular weight is 346 g/mol. The van der Waals surface area contributed by atoms with E-state index in [1.165, 1.54) is 0 Å². The fourth-order valence-electron chi connectivity index (χ4n) is 2.75. The molecule has 0 amide bonds. The standard InChI is InChI=1S/C21H18N2O3/c22-14-17-7-2-1-6-16(17)13-19(25)20(11-12-24)26-21-10-9-15-5-3-4-8-18(15)23-21/h1-10,20,24H,11-13H2. The fraction of sp³-hybridized carbons (Fsp3) is 0.190. The summed E-state index contributed by atoms with van der Waals surface area (Å²) in [7, 11) is 0. The summed E-state index contributed by atoms with van der Waals surface area (Å²) >= 11 is 0. The van der Waals surface area contributed by atoms with Gasteiger partial charge in [-0.05, 0) is 23.8 Å². The number of carbonyl (C=O) groups is 1. The maximum Gasteiger partial charge on any atom is 0.214 e. The van der Waals surface area contributed by atoms with Crippen molar-refractivity contribution >= 4 is 16.7 Å². The normalized spacial score (nSPS) is 11.7. The lowest BCUT2D eigenvalue weighted by Crippen LogP contribution is -2.30. The van der Waals surface area contributed by atoms with Crippen LogP contribution < -0.4 is 4.74 Å². The molecule has 5 heteroatoms. The highest BCUT2D eigenvalue weighted by Gasteiger charge is 2.22. The summed E-state index contributed by atoms with van der Waals surface area (Å²) in [5.41, 5.74) is 1.89. The van der Waals surface area contributed by atoms with E-state index in [2.05, 4.69) is 11.1 Å². The zero-order valence-electron chi connectivity index (χ0n) is 14.1. The van der Waals surface area contributed by atoms with E-state index in [4.69, 9.17) is 10.00 Å². The Labute approximate surface area is 151 Å². The van der Waals surface area contributed by atoms with Gasteiger partial charge in [0, 0.05) is 30.9 Å². The summed E-state index contributed by atoms with van der Waals surface area (Å²) in [6.07, 6.45) is -0.579. The molecule has 1 aromatic heterocycles. The van der Waals surface area contributed by atoms with Crippen molar-refractivity contribution in [3.8, 4) is 11.9 Å². The largest absolute Gasteiger partial charge is 0.466 e. The molecule has 0 aliphatic heterocycles. The van der Waals surface area contributed by atoms with Gasteiger partial charge in [-0.1, -0.05) is 36.4 Å². The Hall–Kier alpha value is -3.23. The predicted molar refractivity (Wildman–Crippen MR) is 97.7 cm³/mol. The number of para-hydroxylation sites is 1. The third kappa shape index (κ3) is 4.05. The van der Waals surface area contributed by atoms with Crippen LogP contribution in [0, 0.1) is 11.3 Å². The number of nitrogens with zero attached hydrogens (tertiary/aromatic N) is 2. The summed E-state index contributed by atoms with van der Waals surface area (Å²) in [6.45, 7) is -0.177. The maximum atomic E-state index is 12.7. The van der Waals surface area contributed by atoms with Gasteiger partial charge in [0.1, 0.15) is 0 Å². The summed E-state index contributed by atoms with van der Waals surface area (Å²) in [5.74, 6) is 0.140. The first kappa shape index (κ1) is 17.6. The van der Waals surface area contributed by atoms with Crippen molar-refractivity contribution < 1.29 is 14.6 Å². The number of aliphatic hydroxyl groups excluding tert-OH is 1. The lowest BCUT2D eigenvalue weighted by molar-refractivity contribution is -0.125. The van der Waals surface area contributed by atoms with Crippen molar-refractivity contribution in [2.75, 3.05) is 6.61 Å². The van der Waals surface area contributed by atoms with Gasteiger partial charge in [-0.3, -0.25) is 4.79 Å². The number of hydrogen-bond acceptors (Lipinski definition) is 5. The van der Waals surface area contributed by atoms with Crippen molar-refractivity contribution in [2.45, 2.75) is 18.9 Å². The Morgan fingerprint density at radius 1 is 1.12 bits per heavy atom. The topological polar surface area (TPSA) is 83.2 Å². The van der Waals surface area contributed by atoms with Crippen LogP contribution in [0.5, 0.6) is 5.88 Å². The van der Waals surface area contributed by atoms with Crippen molar-refractivity contribution in [1.82, 2.24) is 4.98 Å². The number of ether oxygens (including phenoxy) is 1. The van der Waals surface area contributed by atoms with E-state index in [1.807, 2.05) is 30.3 Å². The zero-order valence-corrected chi connectivity index (χ0v) is 14.1. The van der Waals surface area contributed by atoms with Crippen LogP contribution in [-0.4, -0.2) is 28.6 Å². The fourth-order valence-corrected chi connectivity index (χ4v) is 2.75.